The molecule has 0 saturated heterocycles. The van der Waals surface area contributed by atoms with Gasteiger partial charge in [0.25, 0.3) is 0 Å². The van der Waals surface area contributed by atoms with Gasteiger partial charge in [0.2, 0.25) is 0 Å². The van der Waals surface area contributed by atoms with E-state index in [1.165, 1.54) is 0 Å². The molecule has 6 nitrogen and oxygen atoms in total. The number of rotatable bonds is 7. The third-order valence-corrected chi connectivity index (χ3v) is 6.09. The molecule has 0 heterocycles. The van der Waals surface area contributed by atoms with Gasteiger partial charge in [0, 0.05) is 0 Å². The van der Waals surface area contributed by atoms with E-state index in [0.29, 0.717) is 0 Å². The zero-order chi connectivity index (χ0) is 20.3. The normalized spacial score (nSPS) is 16.5. The molecule has 0 saturated carbocycles. The van der Waals surface area contributed by atoms with Crippen molar-refractivity contribution in [3.8, 4) is 0 Å². The summed E-state index contributed by atoms with van der Waals surface area (Å²) < 4.78 is 24.1. The molecular formula is C18H39NO5Si. The minimum absolute atomic E-state index is 0.0156. The first-order valence-corrected chi connectivity index (χ1v) is 10.6. The van der Waals surface area contributed by atoms with Gasteiger partial charge >= 0.3 is 15.0 Å². The standard InChI is InChI=1S/C18H39NO5Si/c1-12-13(2)14(19)15(20)21-25(22-16(3,4)5,23-17(6,7)8)24-18(9,10)11/h13-14H,12,19H2,1-11H3/t13-,14-/m0/s1. The van der Waals surface area contributed by atoms with Crippen molar-refractivity contribution < 1.29 is 22.5 Å². The Morgan fingerprint density at radius 2 is 1.20 bits per heavy atom. The smallest absolute Gasteiger partial charge is 0.451 e. The Balaban J connectivity index is 5.84. The summed E-state index contributed by atoms with van der Waals surface area (Å²) >= 11 is 0. The van der Waals surface area contributed by atoms with E-state index in [9.17, 15) is 4.79 Å². The maximum atomic E-state index is 12.7. The van der Waals surface area contributed by atoms with Crippen LogP contribution in [0.2, 0.25) is 0 Å². The average molecular weight is 378 g/mol. The van der Waals surface area contributed by atoms with Crippen molar-refractivity contribution in [2.75, 3.05) is 0 Å². The number of hydrogen-bond donors (Lipinski definition) is 1. The van der Waals surface area contributed by atoms with E-state index in [0.717, 1.165) is 6.42 Å². The fourth-order valence-corrected chi connectivity index (χ4v) is 4.81. The molecule has 0 aromatic carbocycles. The van der Waals surface area contributed by atoms with Crippen LogP contribution in [0.25, 0.3) is 0 Å². The molecule has 0 unspecified atom stereocenters. The largest absolute Gasteiger partial charge is 0.752 e. The van der Waals surface area contributed by atoms with Gasteiger partial charge in [-0.2, -0.15) is 0 Å². The minimum atomic E-state index is -3.82. The molecule has 150 valence electrons. The molecular weight excluding hydrogens is 338 g/mol. The fourth-order valence-electron chi connectivity index (χ4n) is 1.93. The SMILES string of the molecule is CC[C@H](C)[C@H](N)C(=O)O[Si](OC(C)(C)C)(OC(C)(C)C)OC(C)(C)C. The summed E-state index contributed by atoms with van der Waals surface area (Å²) in [4.78, 5) is 12.7. The predicted octanol–water partition coefficient (Wildman–Crippen LogP) is 3.78. The van der Waals surface area contributed by atoms with Crippen LogP contribution in [0.5, 0.6) is 0 Å². The van der Waals surface area contributed by atoms with Gasteiger partial charge in [0.15, 0.2) is 0 Å². The van der Waals surface area contributed by atoms with Crippen LogP contribution in [-0.4, -0.2) is 37.9 Å². The van der Waals surface area contributed by atoms with E-state index in [2.05, 4.69) is 0 Å². The Morgan fingerprint density at radius 1 is 0.880 bits per heavy atom. The van der Waals surface area contributed by atoms with Crippen molar-refractivity contribution in [1.82, 2.24) is 0 Å². The maximum Gasteiger partial charge on any atom is 0.752 e. The lowest BCUT2D eigenvalue weighted by Crippen LogP contribution is -2.61. The van der Waals surface area contributed by atoms with Crippen molar-refractivity contribution >= 4 is 15.0 Å². The fraction of sp³-hybridized carbons (Fsp3) is 0.944. The van der Waals surface area contributed by atoms with Crippen LogP contribution in [0.1, 0.15) is 82.6 Å². The molecule has 0 bridgehead atoms. The molecule has 0 aromatic rings. The average Bonchev–Trinajstić information content (AvgIpc) is 2.29. The van der Waals surface area contributed by atoms with E-state index in [1.54, 1.807) is 0 Å². The summed E-state index contributed by atoms with van der Waals surface area (Å²) in [5, 5.41) is 0. The lowest BCUT2D eigenvalue weighted by Gasteiger charge is -2.40. The Hall–Kier alpha value is -0.473. The summed E-state index contributed by atoms with van der Waals surface area (Å²) in [5.41, 5.74) is 4.19. The summed E-state index contributed by atoms with van der Waals surface area (Å²) in [6, 6.07) is -0.757. The highest BCUT2D eigenvalue weighted by molar-refractivity contribution is 6.56. The molecule has 0 aromatic heterocycles. The quantitative estimate of drug-likeness (QED) is 0.680. The number of nitrogens with two attached hydrogens (primary N) is 1. The van der Waals surface area contributed by atoms with Gasteiger partial charge in [-0.05, 0) is 68.2 Å². The zero-order valence-electron chi connectivity index (χ0n) is 18.0. The molecule has 0 rings (SSSR count). The third kappa shape index (κ3) is 10.3. The lowest BCUT2D eigenvalue weighted by atomic mass is 10.0. The van der Waals surface area contributed by atoms with Gasteiger partial charge in [0.1, 0.15) is 6.04 Å². The topological polar surface area (TPSA) is 80.0 Å². The first-order valence-electron chi connectivity index (χ1n) is 8.99. The lowest BCUT2D eigenvalue weighted by molar-refractivity contribution is -0.164. The van der Waals surface area contributed by atoms with Crippen LogP contribution >= 0.6 is 0 Å². The molecule has 0 aliphatic rings. The van der Waals surface area contributed by atoms with Crippen LogP contribution < -0.4 is 5.73 Å². The van der Waals surface area contributed by atoms with E-state index in [-0.39, 0.29) is 5.92 Å². The molecule has 0 aliphatic heterocycles. The van der Waals surface area contributed by atoms with E-state index in [1.807, 2.05) is 76.2 Å². The summed E-state index contributed by atoms with van der Waals surface area (Å²) in [7, 11) is -3.82. The van der Waals surface area contributed by atoms with Crippen LogP contribution in [0, 0.1) is 5.92 Å². The molecule has 0 radical (unpaired) electrons. The number of carbonyl (C=O) groups is 1. The van der Waals surface area contributed by atoms with Crippen molar-refractivity contribution in [3.63, 3.8) is 0 Å². The zero-order valence-corrected chi connectivity index (χ0v) is 19.0. The van der Waals surface area contributed by atoms with E-state index in [4.69, 9.17) is 23.4 Å². The Kier molecular flexibility index (Phi) is 8.32. The first kappa shape index (κ1) is 24.5. The highest BCUT2D eigenvalue weighted by Gasteiger charge is 2.58. The Bertz CT molecular complexity index is 393. The van der Waals surface area contributed by atoms with Gasteiger partial charge in [0.05, 0.1) is 16.8 Å². The van der Waals surface area contributed by atoms with Crippen LogP contribution in [0.3, 0.4) is 0 Å². The molecule has 7 heteroatoms. The van der Waals surface area contributed by atoms with Crippen LogP contribution in [-0.2, 0) is 22.5 Å². The monoisotopic (exact) mass is 377 g/mol. The Morgan fingerprint density at radius 3 is 1.44 bits per heavy atom. The number of hydrogen-bond acceptors (Lipinski definition) is 6. The second-order valence-electron chi connectivity index (χ2n) is 9.48. The van der Waals surface area contributed by atoms with Gasteiger partial charge in [-0.25, -0.2) is 0 Å². The highest BCUT2D eigenvalue weighted by Crippen LogP contribution is 2.30. The van der Waals surface area contributed by atoms with E-state index < -0.39 is 37.9 Å². The molecule has 0 spiro atoms. The predicted molar refractivity (Wildman–Crippen MR) is 102 cm³/mol. The van der Waals surface area contributed by atoms with Crippen molar-refractivity contribution in [2.45, 2.75) is 105 Å². The van der Waals surface area contributed by atoms with Crippen LogP contribution in [0.15, 0.2) is 0 Å². The van der Waals surface area contributed by atoms with Crippen molar-refractivity contribution in [1.29, 1.82) is 0 Å². The molecule has 0 amide bonds. The summed E-state index contributed by atoms with van der Waals surface area (Å²) in [6.07, 6.45) is 0.769. The Labute approximate surface area is 155 Å². The molecule has 2 N–H and O–H groups in total. The highest BCUT2D eigenvalue weighted by atomic mass is 28.4. The third-order valence-electron chi connectivity index (χ3n) is 3.05. The first-order chi connectivity index (χ1) is 10.9. The molecule has 0 aliphatic carbocycles. The number of carbonyl (C=O) groups excluding carboxylic acids is 1. The van der Waals surface area contributed by atoms with Gasteiger partial charge in [-0.1, -0.05) is 20.3 Å². The van der Waals surface area contributed by atoms with Gasteiger partial charge in [-0.15, -0.1) is 0 Å². The second-order valence-corrected chi connectivity index (χ2v) is 11.3. The maximum absolute atomic E-state index is 12.7. The van der Waals surface area contributed by atoms with Crippen molar-refractivity contribution in [2.24, 2.45) is 11.7 Å². The molecule has 0 fully saturated rings. The summed E-state index contributed by atoms with van der Waals surface area (Å²) in [6.45, 7) is 20.7. The van der Waals surface area contributed by atoms with Gasteiger partial charge < -0.3 is 23.4 Å². The van der Waals surface area contributed by atoms with Crippen LogP contribution in [0.4, 0.5) is 0 Å². The molecule has 2 atom stereocenters. The summed E-state index contributed by atoms with van der Waals surface area (Å²) in [5.74, 6) is -0.572. The second kappa shape index (κ2) is 8.48. The van der Waals surface area contributed by atoms with Gasteiger partial charge in [-0.3, -0.25) is 4.79 Å². The molecule has 25 heavy (non-hydrogen) atoms. The van der Waals surface area contributed by atoms with Crippen molar-refractivity contribution in [3.05, 3.63) is 0 Å². The minimum Gasteiger partial charge on any atom is -0.451 e. The van der Waals surface area contributed by atoms with E-state index >= 15 is 0 Å².